The Labute approximate surface area is 377 Å². The summed E-state index contributed by atoms with van der Waals surface area (Å²) in [5.74, 6) is -1.24. The lowest BCUT2D eigenvalue weighted by Gasteiger charge is -2.28. The fourth-order valence-corrected chi connectivity index (χ4v) is 6.58. The van der Waals surface area contributed by atoms with E-state index in [1.165, 1.54) is 57.4 Å². The summed E-state index contributed by atoms with van der Waals surface area (Å²) in [5.41, 5.74) is 0. The molecule has 2 atom stereocenters. The number of hydrogen-bond donors (Lipinski definition) is 0. The quantitative estimate of drug-likeness (QED) is 0.0112. The zero-order valence-electron chi connectivity index (χ0n) is 39.5. The van der Waals surface area contributed by atoms with Crippen LogP contribution in [0.4, 0.5) is 0 Å². The van der Waals surface area contributed by atoms with Gasteiger partial charge in [0.25, 0.3) is 7.82 Å². The van der Waals surface area contributed by atoms with Crippen molar-refractivity contribution in [3.05, 3.63) is 85.1 Å². The number of phosphoric acid groups is 1. The molecule has 11 heteroatoms. The predicted octanol–water partition coefficient (Wildman–Crippen LogP) is 12.5. The van der Waals surface area contributed by atoms with Crippen molar-refractivity contribution in [3.8, 4) is 0 Å². The SMILES string of the molecule is CCCCC/C=C\C/C=C\C/C=C\C=C\C(=O)CCCC(=O)O[C@H](COC(=O)CCCCCCCC/C=C\C/C=C\C/C=C\CCCCCC)COP(=O)([O-])OCC[N+](C)(C)C. The number of ether oxygens (including phenoxy) is 2. The van der Waals surface area contributed by atoms with Crippen molar-refractivity contribution in [1.29, 1.82) is 0 Å². The van der Waals surface area contributed by atoms with Crippen molar-refractivity contribution in [2.45, 2.75) is 174 Å². The number of ketones is 1. The zero-order valence-corrected chi connectivity index (χ0v) is 40.4. The molecule has 0 aliphatic carbocycles. The molecule has 1 unspecified atom stereocenters. The van der Waals surface area contributed by atoms with Gasteiger partial charge in [-0.05, 0) is 83.1 Å². The summed E-state index contributed by atoms with van der Waals surface area (Å²) in [6.07, 6.45) is 50.4. The molecule has 0 saturated heterocycles. The molecule has 0 saturated carbocycles. The maximum absolute atomic E-state index is 12.7. The largest absolute Gasteiger partial charge is 0.756 e. The first-order valence-electron chi connectivity index (χ1n) is 23.7. The second-order valence-corrected chi connectivity index (χ2v) is 18.2. The van der Waals surface area contributed by atoms with Crippen LogP contribution < -0.4 is 4.89 Å². The number of hydrogen-bond acceptors (Lipinski definition) is 9. The van der Waals surface area contributed by atoms with Crippen molar-refractivity contribution in [1.82, 2.24) is 0 Å². The lowest BCUT2D eigenvalue weighted by molar-refractivity contribution is -0.870. The van der Waals surface area contributed by atoms with Gasteiger partial charge in [-0.1, -0.05) is 151 Å². The maximum atomic E-state index is 12.7. The van der Waals surface area contributed by atoms with Crippen molar-refractivity contribution in [2.24, 2.45) is 0 Å². The number of likely N-dealkylation sites (N-methyl/N-ethyl adjacent to an activating group) is 1. The fraction of sp³-hybridized carbons (Fsp3) is 0.667. The van der Waals surface area contributed by atoms with Gasteiger partial charge in [-0.3, -0.25) is 18.9 Å². The van der Waals surface area contributed by atoms with Gasteiger partial charge >= 0.3 is 11.9 Å². The summed E-state index contributed by atoms with van der Waals surface area (Å²) >= 11 is 0. The first-order chi connectivity index (χ1) is 29.9. The smallest absolute Gasteiger partial charge is 0.306 e. The molecular weight excluding hydrogens is 802 g/mol. The van der Waals surface area contributed by atoms with E-state index in [1.807, 2.05) is 33.3 Å². The van der Waals surface area contributed by atoms with Gasteiger partial charge < -0.3 is 27.9 Å². The minimum atomic E-state index is -4.70. The van der Waals surface area contributed by atoms with Crippen LogP contribution in [0.5, 0.6) is 0 Å². The zero-order chi connectivity index (χ0) is 45.8. The number of quaternary nitrogens is 1. The molecule has 10 nitrogen and oxygen atoms in total. The van der Waals surface area contributed by atoms with Crippen LogP contribution in [-0.2, 0) is 37.5 Å². The first kappa shape index (κ1) is 58.9. The van der Waals surface area contributed by atoms with Crippen LogP contribution in [0.1, 0.15) is 168 Å². The number of unbranched alkanes of at least 4 members (excludes halogenated alkanes) is 13. The molecule has 0 amide bonds. The van der Waals surface area contributed by atoms with Crippen LogP contribution in [0.2, 0.25) is 0 Å². The third kappa shape index (κ3) is 44.9. The summed E-state index contributed by atoms with van der Waals surface area (Å²) in [7, 11) is 0.999. The monoisotopic (exact) mass is 888 g/mol. The maximum Gasteiger partial charge on any atom is 0.306 e. The van der Waals surface area contributed by atoms with Crippen LogP contribution in [0.25, 0.3) is 0 Å². The highest BCUT2D eigenvalue weighted by molar-refractivity contribution is 7.45. The lowest BCUT2D eigenvalue weighted by atomic mass is 10.1. The number of nitrogens with zero attached hydrogens (tertiary/aromatic N) is 1. The van der Waals surface area contributed by atoms with Gasteiger partial charge in [-0.2, -0.15) is 0 Å². The van der Waals surface area contributed by atoms with Gasteiger partial charge in [-0.15, -0.1) is 0 Å². The number of esters is 2. The molecule has 0 fully saturated rings. The number of rotatable bonds is 42. The Morgan fingerprint density at radius 1 is 0.548 bits per heavy atom. The number of carbonyl (C=O) groups is 3. The normalized spacial score (nSPS) is 14.2. The molecule has 0 N–H and O–H groups in total. The number of phosphoric ester groups is 1. The van der Waals surface area contributed by atoms with Crippen LogP contribution in [0.15, 0.2) is 85.1 Å². The molecule has 0 spiro atoms. The standard InChI is InChI=1S/C51H86NO9P/c1-6-8-10-12-14-16-18-20-21-22-23-24-25-26-28-30-32-34-36-38-42-50(54)58-46-49(47-60-62(56,57)59-45-44-52(3,4)5)61-51(55)43-39-41-48(53)40-37-35-33-31-29-27-19-17-15-13-11-9-7-2/h15-18,21-22,24-25,27,29,33,35,37,40,49H,6-14,19-20,23,26,28,30-32,34,36,38-39,41-47H2,1-5H3/b17-15-,18-16-,22-21-,25-24-,29-27-,35-33-,40-37+/t49-/m1/s1. The molecule has 0 aliphatic rings. The van der Waals surface area contributed by atoms with E-state index >= 15 is 0 Å². The van der Waals surface area contributed by atoms with E-state index in [0.29, 0.717) is 17.4 Å². The molecule has 0 bridgehead atoms. The van der Waals surface area contributed by atoms with Crippen molar-refractivity contribution in [3.63, 3.8) is 0 Å². The van der Waals surface area contributed by atoms with E-state index in [-0.39, 0.29) is 44.7 Å². The second kappa shape index (κ2) is 41.8. The average molecular weight is 888 g/mol. The Kier molecular flexibility index (Phi) is 39.7. The third-order valence-corrected chi connectivity index (χ3v) is 10.6. The molecule has 354 valence electrons. The minimum absolute atomic E-state index is 0.0716. The van der Waals surface area contributed by atoms with Gasteiger partial charge in [0.1, 0.15) is 19.8 Å². The average Bonchev–Trinajstić information content (AvgIpc) is 3.22. The number of carbonyl (C=O) groups excluding carboxylic acids is 3. The van der Waals surface area contributed by atoms with Crippen molar-refractivity contribution >= 4 is 25.5 Å². The van der Waals surface area contributed by atoms with Gasteiger partial charge in [-0.25, -0.2) is 0 Å². The Morgan fingerprint density at radius 3 is 1.61 bits per heavy atom. The third-order valence-electron chi connectivity index (χ3n) is 9.61. The molecule has 0 rings (SSSR count). The van der Waals surface area contributed by atoms with Crippen molar-refractivity contribution in [2.75, 3.05) is 47.5 Å². The Balaban J connectivity index is 4.53. The molecule has 0 heterocycles. The molecule has 0 aromatic carbocycles. The fourth-order valence-electron chi connectivity index (χ4n) is 5.85. The number of allylic oxidation sites excluding steroid dienone is 14. The minimum Gasteiger partial charge on any atom is -0.756 e. The second-order valence-electron chi connectivity index (χ2n) is 16.8. The molecular formula is C51H86NO9P. The highest BCUT2D eigenvalue weighted by atomic mass is 31.2. The highest BCUT2D eigenvalue weighted by Crippen LogP contribution is 2.38. The van der Waals surface area contributed by atoms with Crippen molar-refractivity contribution < 1.29 is 46.8 Å². The van der Waals surface area contributed by atoms with Crippen LogP contribution in [0, 0.1) is 0 Å². The van der Waals surface area contributed by atoms with Crippen LogP contribution >= 0.6 is 7.82 Å². The van der Waals surface area contributed by atoms with E-state index in [9.17, 15) is 23.8 Å². The van der Waals surface area contributed by atoms with E-state index in [4.69, 9.17) is 18.5 Å². The summed E-state index contributed by atoms with van der Waals surface area (Å²) in [4.78, 5) is 49.9. The molecule has 0 aliphatic heterocycles. The van der Waals surface area contributed by atoms with Crippen LogP contribution in [0.3, 0.4) is 0 Å². The Morgan fingerprint density at radius 2 is 1.03 bits per heavy atom. The Hall–Kier alpha value is -3.14. The van der Waals surface area contributed by atoms with Gasteiger partial charge in [0, 0.05) is 19.3 Å². The molecule has 62 heavy (non-hydrogen) atoms. The van der Waals surface area contributed by atoms with Gasteiger partial charge in [0.2, 0.25) is 0 Å². The summed E-state index contributed by atoms with van der Waals surface area (Å²) < 4.78 is 33.7. The topological polar surface area (TPSA) is 128 Å². The van der Waals surface area contributed by atoms with E-state index in [0.717, 1.165) is 70.6 Å². The molecule has 0 aromatic rings. The first-order valence-corrected chi connectivity index (χ1v) is 25.2. The predicted molar refractivity (Wildman–Crippen MR) is 254 cm³/mol. The van der Waals surface area contributed by atoms with E-state index < -0.39 is 32.5 Å². The molecule has 0 aromatic heterocycles. The highest BCUT2D eigenvalue weighted by Gasteiger charge is 2.22. The van der Waals surface area contributed by atoms with Gasteiger partial charge in [0.05, 0.1) is 27.7 Å². The van der Waals surface area contributed by atoms with E-state index in [2.05, 4.69) is 74.6 Å². The Bertz CT molecular complexity index is 1390. The molecule has 0 radical (unpaired) electrons. The van der Waals surface area contributed by atoms with Crippen LogP contribution in [-0.4, -0.2) is 75.8 Å². The summed E-state index contributed by atoms with van der Waals surface area (Å²) in [6.45, 7) is 3.87. The lowest BCUT2D eigenvalue weighted by Crippen LogP contribution is -2.37. The summed E-state index contributed by atoms with van der Waals surface area (Å²) in [5, 5.41) is 0. The van der Waals surface area contributed by atoms with E-state index in [1.54, 1.807) is 6.08 Å². The van der Waals surface area contributed by atoms with Gasteiger partial charge in [0.15, 0.2) is 11.9 Å². The summed E-state index contributed by atoms with van der Waals surface area (Å²) in [6, 6.07) is 0.